The zero-order valence-corrected chi connectivity index (χ0v) is 37.8. The van der Waals surface area contributed by atoms with Crippen molar-refractivity contribution in [1.82, 2.24) is 5.32 Å². The number of aliphatic hydroxyl groups is 5. The molecule has 0 radical (unpaired) electrons. The molecule has 1 amide bonds. The van der Waals surface area contributed by atoms with Crippen LogP contribution >= 0.6 is 0 Å². The summed E-state index contributed by atoms with van der Waals surface area (Å²) in [5.41, 5.74) is 0. The van der Waals surface area contributed by atoms with Crippen LogP contribution in [-0.2, 0) is 14.3 Å². The minimum absolute atomic E-state index is 0.136. The molecular weight excluding hydrogens is 731 g/mol. The molecule has 7 unspecified atom stereocenters. The fraction of sp³-hybridized carbons (Fsp3) is 0.939. The van der Waals surface area contributed by atoms with Crippen molar-refractivity contribution in [3.05, 3.63) is 12.2 Å². The smallest absolute Gasteiger partial charge is 0.220 e. The van der Waals surface area contributed by atoms with Crippen LogP contribution in [0.25, 0.3) is 0 Å². The summed E-state index contributed by atoms with van der Waals surface area (Å²) in [4.78, 5) is 13.0. The average Bonchev–Trinajstić information content (AvgIpc) is 3.22. The first-order valence-electron chi connectivity index (χ1n) is 24.9. The van der Waals surface area contributed by atoms with Crippen LogP contribution in [0.3, 0.4) is 0 Å². The Hall–Kier alpha value is -1.07. The number of hydrogen-bond donors (Lipinski definition) is 6. The molecule has 1 rings (SSSR count). The molecule has 344 valence electrons. The van der Waals surface area contributed by atoms with E-state index in [9.17, 15) is 30.3 Å². The molecule has 0 bridgehead atoms. The third-order valence-corrected chi connectivity index (χ3v) is 12.1. The van der Waals surface area contributed by atoms with E-state index < -0.39 is 49.5 Å². The third-order valence-electron chi connectivity index (χ3n) is 12.1. The van der Waals surface area contributed by atoms with E-state index in [1.54, 1.807) is 0 Å². The Bertz CT molecular complexity index is 919. The van der Waals surface area contributed by atoms with Crippen LogP contribution in [0.1, 0.15) is 239 Å². The topological polar surface area (TPSA) is 149 Å². The van der Waals surface area contributed by atoms with E-state index >= 15 is 0 Å². The molecule has 0 saturated carbocycles. The van der Waals surface area contributed by atoms with Crippen molar-refractivity contribution >= 4 is 5.91 Å². The van der Waals surface area contributed by atoms with Crippen LogP contribution < -0.4 is 5.32 Å². The quantitative estimate of drug-likeness (QED) is 0.0263. The fourth-order valence-electron chi connectivity index (χ4n) is 8.10. The molecule has 7 atom stereocenters. The summed E-state index contributed by atoms with van der Waals surface area (Å²) in [6.45, 7) is 3.84. The van der Waals surface area contributed by atoms with Crippen LogP contribution in [0.15, 0.2) is 12.2 Å². The standard InChI is InChI=1S/C49H95NO8/c1-3-5-7-9-11-13-15-17-18-19-20-21-22-23-24-25-27-29-31-33-35-37-39-45(53)50-42(41-57-49-48(56)47(55)46(54)44(40-51)58-49)43(52)38-36-34-32-30-28-26-16-14-12-10-8-6-4-2/h22-23,42-44,46-49,51-52,54-56H,3-21,24-41H2,1-2H3,(H,50,53)/b23-22-. The Balaban J connectivity index is 2.25. The van der Waals surface area contributed by atoms with Gasteiger partial charge in [-0.1, -0.05) is 206 Å². The molecule has 58 heavy (non-hydrogen) atoms. The highest BCUT2D eigenvalue weighted by Gasteiger charge is 2.44. The second kappa shape index (κ2) is 40.0. The molecular formula is C49H95NO8. The van der Waals surface area contributed by atoms with Gasteiger partial charge in [-0.25, -0.2) is 0 Å². The van der Waals surface area contributed by atoms with Gasteiger partial charge in [0, 0.05) is 6.42 Å². The summed E-state index contributed by atoms with van der Waals surface area (Å²) in [5, 5.41) is 54.4. The highest BCUT2D eigenvalue weighted by molar-refractivity contribution is 5.76. The number of unbranched alkanes of at least 4 members (excludes halogenated alkanes) is 30. The number of carbonyl (C=O) groups excluding carboxylic acids is 1. The number of nitrogens with one attached hydrogen (secondary N) is 1. The van der Waals surface area contributed by atoms with Crippen LogP contribution in [0, 0.1) is 0 Å². The van der Waals surface area contributed by atoms with E-state index in [1.165, 1.54) is 173 Å². The highest BCUT2D eigenvalue weighted by Crippen LogP contribution is 2.23. The van der Waals surface area contributed by atoms with Gasteiger partial charge >= 0.3 is 0 Å². The van der Waals surface area contributed by atoms with Gasteiger partial charge in [-0.2, -0.15) is 0 Å². The van der Waals surface area contributed by atoms with Crippen LogP contribution in [0.5, 0.6) is 0 Å². The first-order valence-corrected chi connectivity index (χ1v) is 24.9. The second-order valence-electron chi connectivity index (χ2n) is 17.6. The largest absolute Gasteiger partial charge is 0.394 e. The maximum absolute atomic E-state index is 13.0. The molecule has 0 aromatic carbocycles. The van der Waals surface area contributed by atoms with Gasteiger partial charge in [0.05, 0.1) is 25.4 Å². The van der Waals surface area contributed by atoms with Gasteiger partial charge in [0.15, 0.2) is 6.29 Å². The van der Waals surface area contributed by atoms with Crippen molar-refractivity contribution in [2.75, 3.05) is 13.2 Å². The maximum atomic E-state index is 13.0. The van der Waals surface area contributed by atoms with Crippen molar-refractivity contribution in [3.8, 4) is 0 Å². The lowest BCUT2D eigenvalue weighted by atomic mass is 9.99. The lowest BCUT2D eigenvalue weighted by Crippen LogP contribution is -2.60. The van der Waals surface area contributed by atoms with E-state index in [4.69, 9.17) is 9.47 Å². The molecule has 0 spiro atoms. The van der Waals surface area contributed by atoms with Crippen LogP contribution in [-0.4, -0.2) is 87.5 Å². The summed E-state index contributed by atoms with van der Waals surface area (Å²) in [5.74, 6) is -0.147. The van der Waals surface area contributed by atoms with Crippen molar-refractivity contribution in [2.24, 2.45) is 0 Å². The van der Waals surface area contributed by atoms with Crippen LogP contribution in [0.4, 0.5) is 0 Å². The molecule has 1 heterocycles. The van der Waals surface area contributed by atoms with Crippen LogP contribution in [0.2, 0.25) is 0 Å². The summed E-state index contributed by atoms with van der Waals surface area (Å²) >= 11 is 0. The van der Waals surface area contributed by atoms with Crippen molar-refractivity contribution in [1.29, 1.82) is 0 Å². The highest BCUT2D eigenvalue weighted by atomic mass is 16.7. The SMILES string of the molecule is CCCCCCCCCCCCC/C=C\CCCCCCCCCC(=O)NC(COC1OC(CO)C(O)C(O)C1O)C(O)CCCCCCCCCCCCCCC. The van der Waals surface area contributed by atoms with E-state index in [0.29, 0.717) is 12.8 Å². The first-order chi connectivity index (χ1) is 28.3. The zero-order valence-electron chi connectivity index (χ0n) is 37.8. The monoisotopic (exact) mass is 826 g/mol. The average molecular weight is 826 g/mol. The molecule has 1 fully saturated rings. The molecule has 0 aliphatic carbocycles. The number of ether oxygens (including phenoxy) is 2. The van der Waals surface area contributed by atoms with Gasteiger partial charge in [-0.3, -0.25) is 4.79 Å². The van der Waals surface area contributed by atoms with Gasteiger partial charge in [0.1, 0.15) is 24.4 Å². The fourth-order valence-corrected chi connectivity index (χ4v) is 8.10. The number of allylic oxidation sites excluding steroid dienone is 2. The molecule has 0 aromatic rings. The van der Waals surface area contributed by atoms with Crippen molar-refractivity contribution in [3.63, 3.8) is 0 Å². The molecule has 9 heteroatoms. The van der Waals surface area contributed by atoms with Gasteiger partial charge < -0.3 is 40.3 Å². The summed E-state index contributed by atoms with van der Waals surface area (Å²) < 4.78 is 11.3. The zero-order chi connectivity index (χ0) is 42.3. The molecule has 0 aromatic heterocycles. The first kappa shape index (κ1) is 54.9. The Morgan fingerprint density at radius 1 is 0.569 bits per heavy atom. The number of rotatable bonds is 42. The second-order valence-corrected chi connectivity index (χ2v) is 17.6. The van der Waals surface area contributed by atoms with Gasteiger partial charge in [0.25, 0.3) is 0 Å². The number of carbonyl (C=O) groups is 1. The summed E-state index contributed by atoms with van der Waals surface area (Å²) in [6, 6.07) is -0.717. The Morgan fingerprint density at radius 2 is 0.966 bits per heavy atom. The van der Waals surface area contributed by atoms with E-state index in [-0.39, 0.29) is 12.5 Å². The van der Waals surface area contributed by atoms with Gasteiger partial charge in [0.2, 0.25) is 5.91 Å². The number of hydrogen-bond acceptors (Lipinski definition) is 8. The predicted octanol–water partition coefficient (Wildman–Crippen LogP) is 10.9. The molecule has 1 aliphatic rings. The Morgan fingerprint density at radius 3 is 1.40 bits per heavy atom. The molecule has 6 N–H and O–H groups in total. The lowest BCUT2D eigenvalue weighted by molar-refractivity contribution is -0.302. The number of amides is 1. The molecule has 1 saturated heterocycles. The minimum atomic E-state index is -1.55. The predicted molar refractivity (Wildman–Crippen MR) is 240 cm³/mol. The number of aliphatic hydroxyl groups excluding tert-OH is 5. The van der Waals surface area contributed by atoms with E-state index in [2.05, 4.69) is 31.3 Å². The van der Waals surface area contributed by atoms with Gasteiger partial charge in [-0.05, 0) is 38.5 Å². The summed E-state index contributed by atoms with van der Waals surface area (Å²) in [6.07, 6.45) is 39.4. The lowest BCUT2D eigenvalue weighted by Gasteiger charge is -2.40. The normalized spacial score (nSPS) is 20.8. The maximum Gasteiger partial charge on any atom is 0.220 e. The van der Waals surface area contributed by atoms with Gasteiger partial charge in [-0.15, -0.1) is 0 Å². The van der Waals surface area contributed by atoms with E-state index in [1.807, 2.05) is 0 Å². The third kappa shape index (κ3) is 30.0. The van der Waals surface area contributed by atoms with Crippen molar-refractivity contribution in [2.45, 2.75) is 281 Å². The Labute approximate surface area is 356 Å². The van der Waals surface area contributed by atoms with E-state index in [0.717, 1.165) is 38.5 Å². The molecule has 9 nitrogen and oxygen atoms in total. The molecule has 1 aliphatic heterocycles. The minimum Gasteiger partial charge on any atom is -0.394 e. The Kier molecular flexibility index (Phi) is 37.9. The summed E-state index contributed by atoms with van der Waals surface area (Å²) in [7, 11) is 0. The van der Waals surface area contributed by atoms with Crippen molar-refractivity contribution < 1.29 is 39.8 Å².